The normalized spacial score (nSPS) is 12.5. The van der Waals surface area contributed by atoms with Crippen molar-refractivity contribution in [3.63, 3.8) is 0 Å². The number of benzene rings is 3. The molecule has 0 spiro atoms. The van der Waals surface area contributed by atoms with Gasteiger partial charge in [-0.05, 0) is 47.9 Å². The van der Waals surface area contributed by atoms with Crippen LogP contribution in [-0.4, -0.2) is 30.5 Å². The van der Waals surface area contributed by atoms with Crippen LogP contribution in [0.5, 0.6) is 0 Å². The minimum absolute atomic E-state index is 0.115. The molecule has 3 aromatic carbocycles. The van der Waals surface area contributed by atoms with E-state index in [9.17, 15) is 19.7 Å². The standard InChI is InChI=1S/C24H23N5O4/c1-25-23(30)16-10-11-21(22(14-16)29(32)33)28-13-12-19-17(15-28)6-5-9-20(19)27-24(31)26-18-7-3-2-4-8-18/h2-11,14H,12-13,15H2,1H3,(H,25,30)(H2,26,27,31). The lowest BCUT2D eigenvalue weighted by Gasteiger charge is -2.31. The molecule has 0 atom stereocenters. The van der Waals surface area contributed by atoms with E-state index in [0.29, 0.717) is 36.6 Å². The number of nitro groups is 1. The van der Waals surface area contributed by atoms with Gasteiger partial charge in [-0.1, -0.05) is 30.3 Å². The Morgan fingerprint density at radius 2 is 1.79 bits per heavy atom. The second-order valence-corrected chi connectivity index (χ2v) is 7.60. The fourth-order valence-electron chi connectivity index (χ4n) is 3.96. The van der Waals surface area contributed by atoms with Gasteiger partial charge in [0.05, 0.1) is 4.92 Å². The van der Waals surface area contributed by atoms with E-state index in [4.69, 9.17) is 0 Å². The molecule has 9 nitrogen and oxygen atoms in total. The van der Waals surface area contributed by atoms with E-state index in [2.05, 4.69) is 16.0 Å². The van der Waals surface area contributed by atoms with Crippen molar-refractivity contribution in [3.8, 4) is 0 Å². The van der Waals surface area contributed by atoms with Crippen LogP contribution in [0.2, 0.25) is 0 Å². The number of carbonyl (C=O) groups excluding carboxylic acids is 2. The highest BCUT2D eigenvalue weighted by molar-refractivity contribution is 6.00. The molecule has 0 unspecified atom stereocenters. The molecule has 9 heteroatoms. The summed E-state index contributed by atoms with van der Waals surface area (Å²) in [4.78, 5) is 37.5. The molecular weight excluding hydrogens is 422 g/mol. The van der Waals surface area contributed by atoms with Crippen molar-refractivity contribution in [3.05, 3.63) is 93.5 Å². The third kappa shape index (κ3) is 4.77. The van der Waals surface area contributed by atoms with Gasteiger partial charge in [0, 0.05) is 43.1 Å². The van der Waals surface area contributed by atoms with Crippen LogP contribution in [-0.2, 0) is 13.0 Å². The van der Waals surface area contributed by atoms with Crippen LogP contribution in [0.25, 0.3) is 0 Å². The monoisotopic (exact) mass is 445 g/mol. The first kappa shape index (κ1) is 21.8. The molecule has 0 radical (unpaired) electrons. The van der Waals surface area contributed by atoms with Crippen LogP contribution in [0, 0.1) is 10.1 Å². The van der Waals surface area contributed by atoms with E-state index >= 15 is 0 Å². The maximum atomic E-state index is 12.4. The smallest absolute Gasteiger partial charge is 0.323 e. The Morgan fingerprint density at radius 1 is 1.00 bits per heavy atom. The number of amides is 3. The molecule has 0 aliphatic carbocycles. The predicted molar refractivity (Wildman–Crippen MR) is 127 cm³/mol. The maximum Gasteiger partial charge on any atom is 0.323 e. The first-order valence-electron chi connectivity index (χ1n) is 10.5. The van der Waals surface area contributed by atoms with Crippen molar-refractivity contribution in [2.75, 3.05) is 29.1 Å². The van der Waals surface area contributed by atoms with Gasteiger partial charge in [-0.25, -0.2) is 4.79 Å². The van der Waals surface area contributed by atoms with Crippen molar-refractivity contribution in [1.82, 2.24) is 5.32 Å². The second-order valence-electron chi connectivity index (χ2n) is 7.60. The third-order valence-electron chi connectivity index (χ3n) is 5.55. The van der Waals surface area contributed by atoms with E-state index in [0.717, 1.165) is 11.1 Å². The molecule has 0 fully saturated rings. The summed E-state index contributed by atoms with van der Waals surface area (Å²) in [7, 11) is 1.48. The van der Waals surface area contributed by atoms with Crippen molar-refractivity contribution < 1.29 is 14.5 Å². The van der Waals surface area contributed by atoms with Crippen LogP contribution in [0.15, 0.2) is 66.7 Å². The summed E-state index contributed by atoms with van der Waals surface area (Å²) in [5, 5.41) is 19.9. The topological polar surface area (TPSA) is 117 Å². The molecule has 1 aliphatic rings. The predicted octanol–water partition coefficient (Wildman–Crippen LogP) is 4.16. The van der Waals surface area contributed by atoms with Gasteiger partial charge in [0.25, 0.3) is 11.6 Å². The van der Waals surface area contributed by atoms with Gasteiger partial charge < -0.3 is 20.9 Å². The van der Waals surface area contributed by atoms with Gasteiger partial charge >= 0.3 is 6.03 Å². The first-order valence-corrected chi connectivity index (χ1v) is 10.5. The van der Waals surface area contributed by atoms with Crippen LogP contribution >= 0.6 is 0 Å². The Hall–Kier alpha value is -4.40. The molecule has 33 heavy (non-hydrogen) atoms. The van der Waals surface area contributed by atoms with Gasteiger partial charge in [-0.15, -0.1) is 0 Å². The number of urea groups is 1. The first-order chi connectivity index (χ1) is 16.0. The number of para-hydroxylation sites is 1. The highest BCUT2D eigenvalue weighted by Crippen LogP contribution is 2.34. The molecule has 168 valence electrons. The van der Waals surface area contributed by atoms with Crippen molar-refractivity contribution in [1.29, 1.82) is 0 Å². The minimum Gasteiger partial charge on any atom is -0.361 e. The minimum atomic E-state index is -0.469. The van der Waals surface area contributed by atoms with Gasteiger partial charge in [0.2, 0.25) is 0 Å². The number of rotatable bonds is 5. The van der Waals surface area contributed by atoms with E-state index in [1.165, 1.54) is 13.1 Å². The number of fused-ring (bicyclic) bond motifs is 1. The summed E-state index contributed by atoms with van der Waals surface area (Å²) in [6.07, 6.45) is 0.603. The lowest BCUT2D eigenvalue weighted by atomic mass is 9.97. The van der Waals surface area contributed by atoms with Crippen molar-refractivity contribution in [2.24, 2.45) is 0 Å². The van der Waals surface area contributed by atoms with E-state index in [1.807, 2.05) is 41.3 Å². The van der Waals surface area contributed by atoms with Gasteiger partial charge in [-0.2, -0.15) is 0 Å². The fourth-order valence-corrected chi connectivity index (χ4v) is 3.96. The van der Waals surface area contributed by atoms with Crippen molar-refractivity contribution >= 4 is 34.7 Å². The largest absolute Gasteiger partial charge is 0.361 e. The zero-order chi connectivity index (χ0) is 23.4. The lowest BCUT2D eigenvalue weighted by Crippen LogP contribution is -2.32. The highest BCUT2D eigenvalue weighted by atomic mass is 16.6. The molecule has 4 rings (SSSR count). The Bertz CT molecular complexity index is 1210. The summed E-state index contributed by atoms with van der Waals surface area (Å²) in [6.45, 7) is 0.984. The summed E-state index contributed by atoms with van der Waals surface area (Å²) in [6, 6.07) is 19.0. The molecular formula is C24H23N5O4. The van der Waals surface area contributed by atoms with Crippen LogP contribution in [0.4, 0.5) is 27.5 Å². The number of hydrogen-bond donors (Lipinski definition) is 3. The number of hydrogen-bond acceptors (Lipinski definition) is 5. The van der Waals surface area contributed by atoms with Crippen LogP contribution < -0.4 is 20.9 Å². The summed E-state index contributed by atoms with van der Waals surface area (Å²) < 4.78 is 0. The third-order valence-corrected chi connectivity index (χ3v) is 5.55. The number of nitro benzene ring substituents is 1. The number of nitrogens with zero attached hydrogens (tertiary/aromatic N) is 2. The zero-order valence-corrected chi connectivity index (χ0v) is 18.0. The molecule has 1 heterocycles. The Kier molecular flexibility index (Phi) is 6.21. The maximum absolute atomic E-state index is 12.4. The number of carbonyl (C=O) groups is 2. The quantitative estimate of drug-likeness (QED) is 0.403. The average Bonchev–Trinajstić information content (AvgIpc) is 2.83. The van der Waals surface area contributed by atoms with Crippen molar-refractivity contribution in [2.45, 2.75) is 13.0 Å². The summed E-state index contributed by atoms with van der Waals surface area (Å²) in [5.74, 6) is -0.377. The van der Waals surface area contributed by atoms with Gasteiger partial charge in [-0.3, -0.25) is 14.9 Å². The van der Waals surface area contributed by atoms with Gasteiger partial charge in [0.15, 0.2) is 0 Å². The fraction of sp³-hybridized carbons (Fsp3) is 0.167. The molecule has 0 bridgehead atoms. The van der Waals surface area contributed by atoms with Crippen LogP contribution in [0.3, 0.4) is 0 Å². The number of anilines is 3. The molecule has 1 aliphatic heterocycles. The van der Waals surface area contributed by atoms with Crippen LogP contribution in [0.1, 0.15) is 21.5 Å². The molecule has 3 N–H and O–H groups in total. The molecule has 3 aromatic rings. The van der Waals surface area contributed by atoms with E-state index in [1.54, 1.807) is 24.3 Å². The average molecular weight is 445 g/mol. The number of nitrogens with one attached hydrogen (secondary N) is 3. The Labute approximate surface area is 190 Å². The summed E-state index contributed by atoms with van der Waals surface area (Å²) >= 11 is 0. The SMILES string of the molecule is CNC(=O)c1ccc(N2CCc3c(cccc3NC(=O)Nc3ccccc3)C2)c([N+](=O)[O-])c1. The molecule has 3 amide bonds. The zero-order valence-electron chi connectivity index (χ0n) is 18.0. The van der Waals surface area contributed by atoms with Gasteiger partial charge in [0.1, 0.15) is 5.69 Å². The lowest BCUT2D eigenvalue weighted by molar-refractivity contribution is -0.384. The molecule has 0 saturated heterocycles. The van der Waals surface area contributed by atoms with E-state index < -0.39 is 4.92 Å². The highest BCUT2D eigenvalue weighted by Gasteiger charge is 2.26. The Balaban J connectivity index is 1.54. The molecule has 0 aromatic heterocycles. The second kappa shape index (κ2) is 9.39. The molecule has 0 saturated carbocycles. The van der Waals surface area contributed by atoms with E-state index in [-0.39, 0.29) is 23.2 Å². The summed E-state index contributed by atoms with van der Waals surface area (Å²) in [5.41, 5.74) is 3.96. The Morgan fingerprint density at radius 3 is 2.52 bits per heavy atom.